The van der Waals surface area contributed by atoms with E-state index in [-0.39, 0.29) is 18.0 Å². The van der Waals surface area contributed by atoms with Gasteiger partial charge in [-0.3, -0.25) is 4.57 Å². The third-order valence-corrected chi connectivity index (χ3v) is 6.30. The van der Waals surface area contributed by atoms with Gasteiger partial charge in [-0.1, -0.05) is 12.1 Å². The minimum Gasteiger partial charge on any atom is -0.394 e. The maximum absolute atomic E-state index is 13.1. The van der Waals surface area contributed by atoms with Crippen LogP contribution in [0.15, 0.2) is 36.9 Å². The summed E-state index contributed by atoms with van der Waals surface area (Å²) in [5.74, 6) is 0.260. The molecule has 5 rings (SSSR count). The normalized spacial score (nSPS) is 29.7. The molecular weight excluding hydrogens is 433 g/mol. The van der Waals surface area contributed by atoms with E-state index in [1.54, 1.807) is 12.1 Å². The molecule has 3 heterocycles. The molecule has 10 nitrogen and oxygen atoms in total. The van der Waals surface area contributed by atoms with Crippen molar-refractivity contribution in [2.75, 3.05) is 11.9 Å². The van der Waals surface area contributed by atoms with Gasteiger partial charge in [0.2, 0.25) is 0 Å². The van der Waals surface area contributed by atoms with Gasteiger partial charge in [0.05, 0.1) is 31.7 Å². The largest absolute Gasteiger partial charge is 0.394 e. The Hall–Kier alpha value is -2.70. The van der Waals surface area contributed by atoms with Crippen LogP contribution < -0.4 is 5.32 Å². The summed E-state index contributed by atoms with van der Waals surface area (Å²) in [4.78, 5) is 13.0. The molecule has 2 aromatic heterocycles. The zero-order valence-corrected chi connectivity index (χ0v) is 17.8. The van der Waals surface area contributed by atoms with E-state index in [1.165, 1.54) is 29.4 Å². The van der Waals surface area contributed by atoms with Gasteiger partial charge < -0.3 is 30.1 Å². The van der Waals surface area contributed by atoms with Crippen LogP contribution in [0.1, 0.15) is 31.1 Å². The highest BCUT2D eigenvalue weighted by molar-refractivity contribution is 5.82. The van der Waals surface area contributed by atoms with Crippen molar-refractivity contribution in [1.82, 2.24) is 19.5 Å². The number of nitrogens with one attached hydrogen (secondary N) is 1. The Labute approximate surface area is 189 Å². The summed E-state index contributed by atoms with van der Waals surface area (Å²) in [6, 6.07) is 6.28. The fourth-order valence-corrected chi connectivity index (χ4v) is 4.50. The molecule has 176 valence electrons. The van der Waals surface area contributed by atoms with Gasteiger partial charge in [-0.2, -0.15) is 0 Å². The summed E-state index contributed by atoms with van der Waals surface area (Å²) in [7, 11) is 0. The van der Waals surface area contributed by atoms with Crippen molar-refractivity contribution in [3.05, 3.63) is 48.3 Å². The van der Waals surface area contributed by atoms with Crippen LogP contribution in [-0.4, -0.2) is 71.9 Å². The van der Waals surface area contributed by atoms with E-state index in [1.807, 2.05) is 0 Å². The number of nitrogens with zero attached hydrogens (tertiary/aromatic N) is 4. The number of aliphatic hydroxyl groups excluding tert-OH is 3. The van der Waals surface area contributed by atoms with Gasteiger partial charge in [-0.25, -0.2) is 19.3 Å². The smallest absolute Gasteiger partial charge is 0.167 e. The van der Waals surface area contributed by atoms with E-state index in [9.17, 15) is 19.7 Å². The molecule has 2 fully saturated rings. The Morgan fingerprint density at radius 1 is 1.12 bits per heavy atom. The van der Waals surface area contributed by atoms with Crippen molar-refractivity contribution in [1.29, 1.82) is 0 Å². The second kappa shape index (κ2) is 9.27. The number of rotatable bonds is 7. The maximum atomic E-state index is 13.1. The number of ether oxygens (including phenoxy) is 2. The first-order chi connectivity index (χ1) is 16.0. The second-order valence-corrected chi connectivity index (χ2v) is 8.43. The summed E-state index contributed by atoms with van der Waals surface area (Å²) < 4.78 is 26.4. The third kappa shape index (κ3) is 4.30. The first kappa shape index (κ1) is 22.1. The Bertz CT molecular complexity index is 1100. The lowest BCUT2D eigenvalue weighted by Gasteiger charge is -2.22. The number of hydrogen-bond donors (Lipinski definition) is 4. The van der Waals surface area contributed by atoms with Gasteiger partial charge in [-0.15, -0.1) is 0 Å². The maximum Gasteiger partial charge on any atom is 0.167 e. The minimum absolute atomic E-state index is 0.0163. The lowest BCUT2D eigenvalue weighted by Crippen LogP contribution is -2.33. The molecule has 0 radical (unpaired) electrons. The van der Waals surface area contributed by atoms with Crippen molar-refractivity contribution in [2.24, 2.45) is 0 Å². The molecule has 3 unspecified atom stereocenters. The quantitative estimate of drug-likeness (QED) is 0.410. The molecule has 0 spiro atoms. The molecule has 3 aromatic rings. The van der Waals surface area contributed by atoms with Crippen molar-refractivity contribution in [3.8, 4) is 0 Å². The molecule has 1 aliphatic carbocycles. The summed E-state index contributed by atoms with van der Waals surface area (Å²) in [6.07, 6.45) is 1.36. The standard InChI is InChI=1S/C22H26FN5O5/c23-13-6-4-12(5-7-13)9-32-15-3-1-2-14(15)27-20-17-21(25-10-24-20)28(11-26-17)22-19(31)18(30)16(8-29)33-22/h4-7,10-11,14-16,18-19,22,29-31H,1-3,8-9H2,(H,24,25,27)/t14?,15-,16?,18-,19-,22?/m1/s1. The molecule has 1 saturated carbocycles. The first-order valence-corrected chi connectivity index (χ1v) is 11.0. The minimum atomic E-state index is -1.23. The van der Waals surface area contributed by atoms with E-state index in [4.69, 9.17) is 9.47 Å². The van der Waals surface area contributed by atoms with Crippen LogP contribution in [-0.2, 0) is 16.1 Å². The predicted octanol–water partition coefficient (Wildman–Crippen LogP) is 1.13. The molecule has 1 aromatic carbocycles. The predicted molar refractivity (Wildman–Crippen MR) is 115 cm³/mol. The molecule has 33 heavy (non-hydrogen) atoms. The summed E-state index contributed by atoms with van der Waals surface area (Å²) in [6.45, 7) is -0.0215. The van der Waals surface area contributed by atoms with E-state index in [0.29, 0.717) is 23.6 Å². The highest BCUT2D eigenvalue weighted by Crippen LogP contribution is 2.33. The van der Waals surface area contributed by atoms with Crippen LogP contribution in [0.25, 0.3) is 11.2 Å². The molecular formula is C22H26FN5O5. The van der Waals surface area contributed by atoms with Crippen molar-refractivity contribution >= 4 is 17.0 Å². The van der Waals surface area contributed by atoms with E-state index in [0.717, 1.165) is 24.8 Å². The SMILES string of the molecule is OCC1OC(n2cnc3c(NC4CCC[C@H]4OCc4ccc(F)cc4)ncnc32)[C@H](O)[C@@H]1O. The summed E-state index contributed by atoms with van der Waals surface area (Å²) in [5, 5.41) is 33.2. The van der Waals surface area contributed by atoms with Gasteiger partial charge in [0.25, 0.3) is 0 Å². The van der Waals surface area contributed by atoms with Crippen molar-refractivity contribution < 1.29 is 29.2 Å². The van der Waals surface area contributed by atoms with Crippen LogP contribution in [0.4, 0.5) is 10.2 Å². The van der Waals surface area contributed by atoms with Gasteiger partial charge in [-0.05, 0) is 37.0 Å². The van der Waals surface area contributed by atoms with Crippen LogP contribution in [0.5, 0.6) is 0 Å². The van der Waals surface area contributed by atoms with Gasteiger partial charge in [0, 0.05) is 0 Å². The average Bonchev–Trinajstić information content (AvgIpc) is 3.52. The van der Waals surface area contributed by atoms with Crippen LogP contribution >= 0.6 is 0 Å². The number of hydrogen-bond acceptors (Lipinski definition) is 9. The molecule has 0 amide bonds. The lowest BCUT2D eigenvalue weighted by atomic mass is 10.1. The van der Waals surface area contributed by atoms with Crippen LogP contribution in [0, 0.1) is 5.82 Å². The Morgan fingerprint density at radius 3 is 2.70 bits per heavy atom. The number of aromatic nitrogens is 4. The Kier molecular flexibility index (Phi) is 6.21. The lowest BCUT2D eigenvalue weighted by molar-refractivity contribution is -0.0511. The number of anilines is 1. The number of fused-ring (bicyclic) bond motifs is 1. The van der Waals surface area contributed by atoms with Crippen LogP contribution in [0.2, 0.25) is 0 Å². The van der Waals surface area contributed by atoms with Gasteiger partial charge in [0.15, 0.2) is 23.2 Å². The molecule has 1 saturated heterocycles. The highest BCUT2D eigenvalue weighted by Gasteiger charge is 2.44. The molecule has 11 heteroatoms. The van der Waals surface area contributed by atoms with E-state index >= 15 is 0 Å². The Morgan fingerprint density at radius 2 is 1.94 bits per heavy atom. The van der Waals surface area contributed by atoms with E-state index in [2.05, 4.69) is 20.3 Å². The first-order valence-electron chi connectivity index (χ1n) is 11.0. The number of benzene rings is 1. The molecule has 2 aliphatic rings. The zero-order chi connectivity index (χ0) is 22.9. The fraction of sp³-hybridized carbons (Fsp3) is 0.500. The highest BCUT2D eigenvalue weighted by atomic mass is 19.1. The Balaban J connectivity index is 1.31. The zero-order valence-electron chi connectivity index (χ0n) is 17.8. The van der Waals surface area contributed by atoms with Gasteiger partial charge in [0.1, 0.15) is 30.5 Å². The monoisotopic (exact) mass is 459 g/mol. The molecule has 4 N–H and O–H groups in total. The molecule has 6 atom stereocenters. The molecule has 0 bridgehead atoms. The molecule has 1 aliphatic heterocycles. The second-order valence-electron chi connectivity index (χ2n) is 8.43. The number of imidazole rings is 1. The van der Waals surface area contributed by atoms with Crippen LogP contribution in [0.3, 0.4) is 0 Å². The average molecular weight is 459 g/mol. The topological polar surface area (TPSA) is 135 Å². The third-order valence-electron chi connectivity index (χ3n) is 6.30. The summed E-state index contributed by atoms with van der Waals surface area (Å²) >= 11 is 0. The van der Waals surface area contributed by atoms with Gasteiger partial charge >= 0.3 is 0 Å². The summed E-state index contributed by atoms with van der Waals surface area (Å²) in [5.41, 5.74) is 1.84. The number of aliphatic hydroxyl groups is 3. The van der Waals surface area contributed by atoms with E-state index < -0.39 is 31.1 Å². The number of halogens is 1. The fourth-order valence-electron chi connectivity index (χ4n) is 4.50. The van der Waals surface area contributed by atoms with Crippen molar-refractivity contribution in [3.63, 3.8) is 0 Å². The van der Waals surface area contributed by atoms with Crippen molar-refractivity contribution in [2.45, 2.75) is 62.6 Å².